The summed E-state index contributed by atoms with van der Waals surface area (Å²) in [6, 6.07) is 4.73. The fourth-order valence-electron chi connectivity index (χ4n) is 3.15. The van der Waals surface area contributed by atoms with Crippen LogP contribution in [-0.2, 0) is 25.6 Å². The summed E-state index contributed by atoms with van der Waals surface area (Å²) in [6.45, 7) is 3.46. The largest absolute Gasteiger partial charge is 0.370 e. The van der Waals surface area contributed by atoms with Crippen LogP contribution in [0.2, 0.25) is 0 Å². The number of aromatic amines is 1. The number of H-pyrrole nitrogens is 1. The predicted octanol–water partition coefficient (Wildman–Crippen LogP) is -0.586. The number of amides is 4. The third-order valence-corrected chi connectivity index (χ3v) is 4.98. The van der Waals surface area contributed by atoms with Gasteiger partial charge < -0.3 is 27.5 Å². The van der Waals surface area contributed by atoms with Crippen LogP contribution in [0.1, 0.15) is 32.3 Å². The number of hydrogen-bond donors (Lipinski definition) is 6. The van der Waals surface area contributed by atoms with Crippen molar-refractivity contribution in [2.24, 2.45) is 23.1 Å². The Kier molecular flexibility index (Phi) is 8.29. The number of primary amides is 1. The van der Waals surface area contributed by atoms with Crippen LogP contribution in [0.3, 0.4) is 0 Å². The van der Waals surface area contributed by atoms with Gasteiger partial charge in [0.05, 0.1) is 12.1 Å². The Morgan fingerprint density at radius 2 is 1.68 bits per heavy atom. The van der Waals surface area contributed by atoms with Gasteiger partial charge >= 0.3 is 0 Å². The molecule has 2 rings (SSSR count). The molecule has 31 heavy (non-hydrogen) atoms. The SMILES string of the molecule is CC(C)[C@H](NC(=O)[C@@H](N)Cc1c[nH]c2ccccc12)C(=O)NC(=O)C(N)CCC(N)=O. The average molecular weight is 431 g/mol. The number of rotatable bonds is 10. The van der Waals surface area contributed by atoms with E-state index in [4.69, 9.17) is 17.2 Å². The maximum Gasteiger partial charge on any atom is 0.249 e. The highest BCUT2D eigenvalue weighted by Gasteiger charge is 2.29. The molecule has 0 bridgehead atoms. The summed E-state index contributed by atoms with van der Waals surface area (Å²) in [5, 5.41) is 5.77. The zero-order valence-corrected chi connectivity index (χ0v) is 17.7. The molecular formula is C21H30N6O4. The fraction of sp³-hybridized carbons (Fsp3) is 0.429. The standard InChI is InChI=1S/C21H30N6O4/c1-11(2)18(21(31)27-19(29)14(22)7-8-17(24)28)26-20(30)15(23)9-12-10-25-16-6-4-3-5-13(12)16/h3-6,10-11,14-15,18,25H,7-9,22-23H2,1-2H3,(H2,24,28)(H,26,30)(H,27,29,31)/t14?,15-,18-/m0/s1. The van der Waals surface area contributed by atoms with E-state index in [9.17, 15) is 19.2 Å². The van der Waals surface area contributed by atoms with Crippen molar-refractivity contribution in [2.45, 2.75) is 51.2 Å². The second-order valence-electron chi connectivity index (χ2n) is 7.87. The van der Waals surface area contributed by atoms with E-state index >= 15 is 0 Å². The lowest BCUT2D eigenvalue weighted by atomic mass is 10.0. The van der Waals surface area contributed by atoms with Crippen molar-refractivity contribution >= 4 is 34.5 Å². The maximum absolute atomic E-state index is 12.6. The number of carbonyl (C=O) groups is 4. The summed E-state index contributed by atoms with van der Waals surface area (Å²) in [6.07, 6.45) is 2.02. The molecule has 0 saturated heterocycles. The van der Waals surface area contributed by atoms with E-state index < -0.39 is 41.8 Å². The van der Waals surface area contributed by atoms with E-state index in [1.54, 1.807) is 20.0 Å². The number of aromatic nitrogens is 1. The molecule has 0 fully saturated rings. The van der Waals surface area contributed by atoms with Crippen LogP contribution in [0.25, 0.3) is 10.9 Å². The Hall–Kier alpha value is -3.24. The smallest absolute Gasteiger partial charge is 0.249 e. The van der Waals surface area contributed by atoms with Gasteiger partial charge in [-0.1, -0.05) is 32.0 Å². The molecule has 0 aliphatic rings. The number of para-hydroxylation sites is 1. The summed E-state index contributed by atoms with van der Waals surface area (Å²) in [7, 11) is 0. The quantitative estimate of drug-likeness (QED) is 0.292. The van der Waals surface area contributed by atoms with E-state index in [0.29, 0.717) is 0 Å². The van der Waals surface area contributed by atoms with E-state index in [2.05, 4.69) is 15.6 Å². The first-order valence-electron chi connectivity index (χ1n) is 10.1. The summed E-state index contributed by atoms with van der Waals surface area (Å²) >= 11 is 0. The zero-order chi connectivity index (χ0) is 23.1. The molecule has 10 nitrogen and oxygen atoms in total. The van der Waals surface area contributed by atoms with Gasteiger partial charge in [0.15, 0.2) is 0 Å². The minimum absolute atomic E-state index is 0.0165. The van der Waals surface area contributed by atoms with Gasteiger partial charge in [-0.25, -0.2) is 0 Å². The van der Waals surface area contributed by atoms with Crippen molar-refractivity contribution in [3.8, 4) is 0 Å². The van der Waals surface area contributed by atoms with Gasteiger partial charge in [0.1, 0.15) is 6.04 Å². The fourth-order valence-corrected chi connectivity index (χ4v) is 3.15. The molecule has 9 N–H and O–H groups in total. The van der Waals surface area contributed by atoms with Crippen molar-refractivity contribution in [1.29, 1.82) is 0 Å². The van der Waals surface area contributed by atoms with Gasteiger partial charge in [-0.2, -0.15) is 0 Å². The Bertz CT molecular complexity index is 954. The van der Waals surface area contributed by atoms with Crippen molar-refractivity contribution in [1.82, 2.24) is 15.6 Å². The normalized spacial score (nSPS) is 14.1. The molecule has 0 spiro atoms. The first-order chi connectivity index (χ1) is 14.6. The van der Waals surface area contributed by atoms with Crippen LogP contribution in [0.15, 0.2) is 30.5 Å². The highest BCUT2D eigenvalue weighted by atomic mass is 16.2. The van der Waals surface area contributed by atoms with Crippen LogP contribution in [0.4, 0.5) is 0 Å². The number of fused-ring (bicyclic) bond motifs is 1. The topological polar surface area (TPSA) is 186 Å². The van der Waals surface area contributed by atoms with Crippen LogP contribution in [-0.4, -0.2) is 46.7 Å². The minimum Gasteiger partial charge on any atom is -0.370 e. The summed E-state index contributed by atoms with van der Waals surface area (Å²) in [5.41, 5.74) is 18.6. The molecule has 10 heteroatoms. The molecule has 1 unspecified atom stereocenters. The zero-order valence-electron chi connectivity index (χ0n) is 17.7. The average Bonchev–Trinajstić information content (AvgIpc) is 3.12. The lowest BCUT2D eigenvalue weighted by Crippen LogP contribution is -2.56. The first kappa shape index (κ1) is 24.0. The van der Waals surface area contributed by atoms with E-state index in [0.717, 1.165) is 16.5 Å². The summed E-state index contributed by atoms with van der Waals surface area (Å²) < 4.78 is 0. The summed E-state index contributed by atoms with van der Waals surface area (Å²) in [5.74, 6) is -2.84. The van der Waals surface area contributed by atoms with Gasteiger partial charge in [-0.05, 0) is 30.4 Å². The Morgan fingerprint density at radius 1 is 1.00 bits per heavy atom. The molecule has 1 heterocycles. The number of nitrogens with two attached hydrogens (primary N) is 3. The van der Waals surface area contributed by atoms with E-state index in [-0.39, 0.29) is 25.2 Å². The van der Waals surface area contributed by atoms with Crippen molar-refractivity contribution in [2.75, 3.05) is 0 Å². The number of carbonyl (C=O) groups excluding carboxylic acids is 4. The molecular weight excluding hydrogens is 400 g/mol. The van der Waals surface area contributed by atoms with Gasteiger partial charge in [0.25, 0.3) is 0 Å². The highest BCUT2D eigenvalue weighted by molar-refractivity contribution is 6.01. The molecule has 0 aliphatic heterocycles. The third kappa shape index (κ3) is 6.63. The van der Waals surface area contributed by atoms with E-state index in [1.807, 2.05) is 24.3 Å². The van der Waals surface area contributed by atoms with Crippen LogP contribution in [0, 0.1) is 5.92 Å². The van der Waals surface area contributed by atoms with Crippen molar-refractivity contribution < 1.29 is 19.2 Å². The molecule has 3 atom stereocenters. The predicted molar refractivity (Wildman–Crippen MR) is 116 cm³/mol. The maximum atomic E-state index is 12.6. The minimum atomic E-state index is -1.07. The monoisotopic (exact) mass is 430 g/mol. The Balaban J connectivity index is 1.97. The summed E-state index contributed by atoms with van der Waals surface area (Å²) in [4.78, 5) is 51.2. The van der Waals surface area contributed by atoms with Crippen molar-refractivity contribution in [3.63, 3.8) is 0 Å². The van der Waals surface area contributed by atoms with Gasteiger partial charge in [0.2, 0.25) is 23.6 Å². The second-order valence-corrected chi connectivity index (χ2v) is 7.87. The van der Waals surface area contributed by atoms with Crippen LogP contribution < -0.4 is 27.8 Å². The van der Waals surface area contributed by atoms with Gasteiger partial charge in [-0.15, -0.1) is 0 Å². The number of benzene rings is 1. The van der Waals surface area contributed by atoms with Crippen LogP contribution in [0.5, 0.6) is 0 Å². The molecule has 0 radical (unpaired) electrons. The third-order valence-electron chi connectivity index (χ3n) is 4.98. The first-order valence-corrected chi connectivity index (χ1v) is 10.1. The molecule has 4 amide bonds. The molecule has 0 aliphatic carbocycles. The van der Waals surface area contributed by atoms with Gasteiger partial charge in [0, 0.05) is 23.5 Å². The molecule has 1 aromatic heterocycles. The number of imide groups is 1. The molecule has 168 valence electrons. The number of hydrogen-bond acceptors (Lipinski definition) is 6. The van der Waals surface area contributed by atoms with Crippen molar-refractivity contribution in [3.05, 3.63) is 36.0 Å². The van der Waals surface area contributed by atoms with Gasteiger partial charge in [-0.3, -0.25) is 24.5 Å². The molecule has 0 saturated carbocycles. The lowest BCUT2D eigenvalue weighted by molar-refractivity contribution is -0.135. The molecule has 1 aromatic carbocycles. The number of nitrogens with one attached hydrogen (secondary N) is 3. The Labute approximate surface area is 180 Å². The highest BCUT2D eigenvalue weighted by Crippen LogP contribution is 2.18. The van der Waals surface area contributed by atoms with E-state index in [1.165, 1.54) is 0 Å². The van der Waals surface area contributed by atoms with Crippen LogP contribution >= 0.6 is 0 Å². The molecule has 2 aromatic rings. The Morgan fingerprint density at radius 3 is 2.32 bits per heavy atom. The lowest BCUT2D eigenvalue weighted by Gasteiger charge is -2.23. The second kappa shape index (κ2) is 10.7.